The van der Waals surface area contributed by atoms with Crippen LogP contribution in [0.4, 0.5) is 0 Å². The highest BCUT2D eigenvalue weighted by atomic mass is 32.3. The number of ketones is 3. The highest BCUT2D eigenvalue weighted by Gasteiger charge is 2.53. The standard InChI is InChI=1S/C51H79NO17S/c1-28-14-18-39-44(66-39)24-31(4)41(63-8)26-36-17-15-34(7)51(59,68-36)48(56)49(57)52-20-12-11-13-37(52)50(58)67-42(30(3)23-35-16-19-40(43(25-35)64-9)69-70(60,61)62)27-38(53)29(2)22-33(6)46(55)47(65-10)45(54)32(5)21-28/h14,18,22,24,28-30,32,34-37,39-44,46-47,55,59H,11-13,15-17,19-21,23,25-27H2,1-10H3,(H,60,61,62)/b18-14-,31-24-,33-22-/t28?,29?,30?,32?,34?,35?,36?,37?,39?,40?,41?,42?,43?,44?,46?,47?,51-/m1/s1. The van der Waals surface area contributed by atoms with Crippen molar-refractivity contribution >= 4 is 39.6 Å². The second-order valence-corrected chi connectivity index (χ2v) is 21.8. The van der Waals surface area contributed by atoms with Crippen LogP contribution >= 0.6 is 0 Å². The van der Waals surface area contributed by atoms with E-state index in [-0.39, 0.29) is 67.8 Å². The molecule has 0 aromatic carbocycles. The van der Waals surface area contributed by atoms with Crippen molar-refractivity contribution in [1.29, 1.82) is 0 Å². The minimum Gasteiger partial charge on any atom is -0.460 e. The fourth-order valence-corrected chi connectivity index (χ4v) is 11.4. The SMILES string of the molecule is COC1CC2CCC(C)[C@@](O)(O2)C(=O)C(=O)N2CCCCC2C(=O)OC(C(C)CC2CCC(OS(=O)(=O)O)C(OC)C2)CC(=O)C(C)/C=C(/C)C(O)C(OC)C(=O)C(C)CC(C)/C=C\C2OC2/C=C\1C. The average Bonchev–Trinajstić information content (AvgIpc) is 4.06. The van der Waals surface area contributed by atoms with Gasteiger partial charge in [-0.05, 0) is 107 Å². The number of piperidine rings is 1. The molecule has 3 N–H and O–H groups in total. The minimum atomic E-state index is -4.74. The smallest absolute Gasteiger partial charge is 0.397 e. The number of epoxide rings is 1. The number of amides is 1. The van der Waals surface area contributed by atoms with Crippen LogP contribution in [0.25, 0.3) is 0 Å². The fourth-order valence-electron chi connectivity index (χ4n) is 10.8. The Morgan fingerprint density at radius 2 is 1.56 bits per heavy atom. The summed E-state index contributed by atoms with van der Waals surface area (Å²) in [5.41, 5.74) is 1.19. The molecule has 17 atom stereocenters. The number of nitrogens with zero attached hydrogens (tertiary/aromatic N) is 1. The average molecular weight is 1010 g/mol. The molecule has 1 amide bonds. The van der Waals surface area contributed by atoms with Gasteiger partial charge in [-0.15, -0.1) is 0 Å². The number of aliphatic hydroxyl groups excluding tert-OH is 1. The molecule has 16 unspecified atom stereocenters. The zero-order valence-corrected chi connectivity index (χ0v) is 43.5. The predicted octanol–water partition coefficient (Wildman–Crippen LogP) is 5.22. The molecule has 2 bridgehead atoms. The van der Waals surface area contributed by atoms with Crippen molar-refractivity contribution in [2.75, 3.05) is 27.9 Å². The van der Waals surface area contributed by atoms with Gasteiger partial charge in [0.15, 0.2) is 5.78 Å². The lowest BCUT2D eigenvalue weighted by Crippen LogP contribution is -2.61. The van der Waals surface area contributed by atoms with Crippen molar-refractivity contribution in [1.82, 2.24) is 4.90 Å². The Bertz CT molecular complexity index is 2060. The van der Waals surface area contributed by atoms with Crippen molar-refractivity contribution in [3.8, 4) is 0 Å². The number of hydrogen-bond acceptors (Lipinski definition) is 16. The van der Waals surface area contributed by atoms with Crippen LogP contribution in [0.15, 0.2) is 35.5 Å². The largest absolute Gasteiger partial charge is 0.460 e. The van der Waals surface area contributed by atoms with E-state index in [0.717, 1.165) is 10.5 Å². The number of fused-ring (bicyclic) bond motifs is 4. The summed E-state index contributed by atoms with van der Waals surface area (Å²) >= 11 is 0. The second kappa shape index (κ2) is 25.1. The van der Waals surface area contributed by atoms with E-state index in [4.69, 9.17) is 32.6 Å². The molecule has 5 rings (SSSR count). The van der Waals surface area contributed by atoms with Gasteiger partial charge < -0.3 is 43.5 Å². The number of rotatable bonds is 8. The maximum Gasteiger partial charge on any atom is 0.397 e. The number of cyclic esters (lactones) is 1. The zero-order chi connectivity index (χ0) is 51.8. The van der Waals surface area contributed by atoms with Crippen LogP contribution in [0.5, 0.6) is 0 Å². The Kier molecular flexibility index (Phi) is 20.7. The normalized spacial score (nSPS) is 41.0. The third-order valence-corrected chi connectivity index (χ3v) is 15.8. The predicted molar refractivity (Wildman–Crippen MR) is 255 cm³/mol. The highest BCUT2D eigenvalue weighted by Crippen LogP contribution is 2.39. The van der Waals surface area contributed by atoms with Crippen LogP contribution < -0.4 is 0 Å². The molecule has 1 aliphatic carbocycles. The fraction of sp³-hybridized carbons (Fsp3) is 0.784. The first-order valence-electron chi connectivity index (χ1n) is 25.1. The molecule has 4 fully saturated rings. The van der Waals surface area contributed by atoms with Crippen molar-refractivity contribution in [2.45, 2.75) is 192 Å². The summed E-state index contributed by atoms with van der Waals surface area (Å²) in [6.45, 7) is 12.4. The number of allylic oxidation sites excluding steroid dienone is 2. The zero-order valence-electron chi connectivity index (χ0n) is 42.7. The summed E-state index contributed by atoms with van der Waals surface area (Å²) in [6, 6.07) is -1.21. The number of esters is 1. The van der Waals surface area contributed by atoms with Crippen molar-refractivity contribution in [3.05, 3.63) is 35.5 Å². The first-order chi connectivity index (χ1) is 32.9. The van der Waals surface area contributed by atoms with E-state index in [1.807, 2.05) is 39.0 Å². The number of methoxy groups -OCH3 is 3. The Hall–Kier alpha value is -3.24. The molecule has 1 saturated carbocycles. The van der Waals surface area contributed by atoms with E-state index in [2.05, 4.69) is 0 Å². The third-order valence-electron chi connectivity index (χ3n) is 15.3. The number of Topliss-reactive ketones (excluding diaryl/α,β-unsaturated/α-hetero) is 3. The van der Waals surface area contributed by atoms with Crippen LogP contribution in [0, 0.1) is 35.5 Å². The Labute approximate surface area is 414 Å². The van der Waals surface area contributed by atoms with E-state index in [9.17, 15) is 47.2 Å². The van der Waals surface area contributed by atoms with Gasteiger partial charge in [-0.2, -0.15) is 8.42 Å². The molecular weight excluding hydrogens is 931 g/mol. The topological polar surface area (TPSA) is 251 Å². The van der Waals surface area contributed by atoms with Gasteiger partial charge in [0.2, 0.25) is 5.79 Å². The molecule has 5 aliphatic rings. The molecule has 0 aromatic rings. The molecular formula is C51H79NO17S. The lowest BCUT2D eigenvalue weighted by Gasteiger charge is -2.42. The maximum absolute atomic E-state index is 14.5. The molecule has 4 aliphatic heterocycles. The maximum atomic E-state index is 14.5. The molecule has 4 heterocycles. The van der Waals surface area contributed by atoms with E-state index in [1.54, 1.807) is 40.9 Å². The van der Waals surface area contributed by atoms with E-state index in [1.165, 1.54) is 14.2 Å². The Morgan fingerprint density at radius 3 is 2.21 bits per heavy atom. The van der Waals surface area contributed by atoms with Gasteiger partial charge in [0, 0.05) is 58.5 Å². The monoisotopic (exact) mass is 1010 g/mol. The molecule has 3 saturated heterocycles. The quantitative estimate of drug-likeness (QED) is 0.0927. The Morgan fingerprint density at radius 1 is 0.843 bits per heavy atom. The molecule has 0 aromatic heterocycles. The second-order valence-electron chi connectivity index (χ2n) is 20.8. The van der Waals surface area contributed by atoms with Crippen molar-refractivity contribution < 1.29 is 79.8 Å². The molecule has 19 heteroatoms. The first kappa shape index (κ1) is 57.7. The van der Waals surface area contributed by atoms with Gasteiger partial charge in [-0.25, -0.2) is 8.98 Å². The van der Waals surface area contributed by atoms with Crippen LogP contribution in [0.2, 0.25) is 0 Å². The molecule has 70 heavy (non-hydrogen) atoms. The van der Waals surface area contributed by atoms with Crippen LogP contribution in [-0.2, 0) is 67.0 Å². The van der Waals surface area contributed by atoms with Gasteiger partial charge in [0.1, 0.15) is 48.4 Å². The summed E-state index contributed by atoms with van der Waals surface area (Å²) in [5, 5.41) is 23.5. The third kappa shape index (κ3) is 14.9. The molecule has 0 radical (unpaired) electrons. The van der Waals surface area contributed by atoms with Crippen LogP contribution in [0.1, 0.15) is 126 Å². The molecule has 0 spiro atoms. The van der Waals surface area contributed by atoms with E-state index in [0.29, 0.717) is 56.9 Å². The summed E-state index contributed by atoms with van der Waals surface area (Å²) in [5.74, 6) is -8.87. The summed E-state index contributed by atoms with van der Waals surface area (Å²) in [7, 11) is -0.422. The van der Waals surface area contributed by atoms with Gasteiger partial charge in [-0.1, -0.05) is 58.9 Å². The van der Waals surface area contributed by atoms with E-state index < -0.39 is 106 Å². The van der Waals surface area contributed by atoms with Gasteiger partial charge in [-0.3, -0.25) is 23.7 Å². The lowest BCUT2D eigenvalue weighted by molar-refractivity contribution is -0.265. The minimum absolute atomic E-state index is 0.0273. The van der Waals surface area contributed by atoms with E-state index >= 15 is 0 Å². The van der Waals surface area contributed by atoms with Gasteiger partial charge >= 0.3 is 16.4 Å². The van der Waals surface area contributed by atoms with Crippen LogP contribution in [0.3, 0.4) is 0 Å². The highest BCUT2D eigenvalue weighted by molar-refractivity contribution is 7.80. The van der Waals surface area contributed by atoms with Gasteiger partial charge in [0.25, 0.3) is 11.7 Å². The first-order valence-corrected chi connectivity index (χ1v) is 26.4. The summed E-state index contributed by atoms with van der Waals surface area (Å²) < 4.78 is 72.7. The van der Waals surface area contributed by atoms with Crippen molar-refractivity contribution in [3.63, 3.8) is 0 Å². The molecule has 396 valence electrons. The van der Waals surface area contributed by atoms with Crippen LogP contribution in [-0.4, -0.2) is 152 Å². The number of carbonyl (C=O) groups excluding carboxylic acids is 5. The van der Waals surface area contributed by atoms with Gasteiger partial charge in [0.05, 0.1) is 18.3 Å². The Balaban J connectivity index is 1.46. The molecule has 18 nitrogen and oxygen atoms in total. The number of ether oxygens (including phenoxy) is 6. The summed E-state index contributed by atoms with van der Waals surface area (Å²) in [6.07, 6.45) is 4.72. The number of aliphatic hydroxyl groups is 2. The summed E-state index contributed by atoms with van der Waals surface area (Å²) in [4.78, 5) is 72.2. The number of carbonyl (C=O) groups is 5. The lowest BCUT2D eigenvalue weighted by atomic mass is 9.78. The number of hydrogen-bond donors (Lipinski definition) is 3. The van der Waals surface area contributed by atoms with Crippen molar-refractivity contribution in [2.24, 2.45) is 35.5 Å².